The smallest absolute Gasteiger partial charge is 0.397 e. The van der Waals surface area contributed by atoms with Crippen molar-refractivity contribution in [2.24, 2.45) is 0 Å². The molecule has 0 bridgehead atoms. The van der Waals surface area contributed by atoms with Gasteiger partial charge < -0.3 is 9.62 Å². The Morgan fingerprint density at radius 2 is 1.78 bits per heavy atom. The molecule has 1 aromatic carbocycles. The van der Waals surface area contributed by atoms with Gasteiger partial charge in [-0.25, -0.2) is 4.98 Å². The summed E-state index contributed by atoms with van der Waals surface area (Å²) in [5.74, 6) is 0.990. The quantitative estimate of drug-likeness (QED) is 0.666. The molecule has 2 aromatic rings. The number of para-hydroxylation sites is 2. The average Bonchev–Trinajstić information content (AvgIpc) is 2.68. The molecule has 0 saturated heterocycles. The molecule has 18 heavy (non-hydrogen) atoms. The monoisotopic (exact) mass is 417 g/mol. The Balaban J connectivity index is 0.00000120. The molecule has 0 atom stereocenters. The van der Waals surface area contributed by atoms with Gasteiger partial charge in [-0.05, 0) is 37.7 Å². The third-order valence-corrected chi connectivity index (χ3v) is 3.02. The molecule has 5 heteroatoms. The summed E-state index contributed by atoms with van der Waals surface area (Å²) in [5, 5.41) is 0. The van der Waals surface area contributed by atoms with Gasteiger partial charge in [0.1, 0.15) is 5.82 Å². The molecule has 0 N–H and O–H groups in total. The molecule has 3 rings (SSSR count). The van der Waals surface area contributed by atoms with Gasteiger partial charge in [-0.3, -0.25) is 0 Å². The van der Waals surface area contributed by atoms with E-state index in [0.29, 0.717) is 0 Å². The van der Waals surface area contributed by atoms with E-state index < -0.39 is 0 Å². The van der Waals surface area contributed by atoms with E-state index in [2.05, 4.69) is 66.5 Å². The van der Waals surface area contributed by atoms with E-state index in [1.54, 1.807) is 0 Å². The molecule has 0 amide bonds. The average molecular weight is 417 g/mol. The van der Waals surface area contributed by atoms with Crippen LogP contribution in [0.1, 0.15) is 5.56 Å². The fourth-order valence-electron chi connectivity index (χ4n) is 2.16. The Labute approximate surface area is 122 Å². The van der Waals surface area contributed by atoms with E-state index in [1.165, 1.54) is 16.9 Å². The first kappa shape index (κ1) is 13.2. The van der Waals surface area contributed by atoms with Crippen molar-refractivity contribution in [3.05, 3.63) is 48.2 Å². The SMILES string of the molecule is Cc1cccnc1N1[B]N(C)c2ccccc21.[Pt]. The summed E-state index contributed by atoms with van der Waals surface area (Å²) >= 11 is 0. The Kier molecular flexibility index (Phi) is 3.77. The zero-order valence-corrected chi connectivity index (χ0v) is 12.5. The number of pyridine rings is 1. The maximum Gasteiger partial charge on any atom is 0.397 e. The normalized spacial score (nSPS) is 12.8. The van der Waals surface area contributed by atoms with Crippen LogP contribution in [0, 0.1) is 6.92 Å². The molecule has 3 nitrogen and oxygen atoms in total. The van der Waals surface area contributed by atoms with Gasteiger partial charge in [0.2, 0.25) is 0 Å². The first-order valence-electron chi connectivity index (χ1n) is 5.65. The number of fused-ring (bicyclic) bond motifs is 1. The Hall–Kier alpha value is -1.28. The van der Waals surface area contributed by atoms with Gasteiger partial charge in [0, 0.05) is 32.9 Å². The second kappa shape index (κ2) is 5.15. The molecule has 1 radical (unpaired) electrons. The minimum absolute atomic E-state index is 0. The molecule has 93 valence electrons. The summed E-state index contributed by atoms with van der Waals surface area (Å²) < 4.78 is 0. The number of anilines is 3. The summed E-state index contributed by atoms with van der Waals surface area (Å²) in [6, 6.07) is 12.4. The second-order valence-electron chi connectivity index (χ2n) is 4.23. The van der Waals surface area contributed by atoms with Gasteiger partial charge in [-0.1, -0.05) is 18.2 Å². The van der Waals surface area contributed by atoms with E-state index in [0.717, 1.165) is 5.82 Å². The third kappa shape index (κ3) is 2.06. The first-order chi connectivity index (χ1) is 8.27. The summed E-state index contributed by atoms with van der Waals surface area (Å²) in [4.78, 5) is 8.71. The number of aryl methyl sites for hydroxylation is 1. The molecule has 0 unspecified atom stereocenters. The molecule has 0 aliphatic carbocycles. The topological polar surface area (TPSA) is 19.4 Å². The molecule has 0 saturated carbocycles. The number of rotatable bonds is 1. The molecular formula is C13H13BN3Pt. The number of benzene rings is 1. The van der Waals surface area contributed by atoms with Gasteiger partial charge in [0.05, 0.1) is 5.69 Å². The minimum Gasteiger partial charge on any atom is -0.400 e. The molecule has 1 aliphatic rings. The maximum atomic E-state index is 4.46. The number of aromatic nitrogens is 1. The van der Waals surface area contributed by atoms with Crippen LogP contribution in [0.5, 0.6) is 0 Å². The predicted molar refractivity (Wildman–Crippen MR) is 71.7 cm³/mol. The number of hydrogen-bond donors (Lipinski definition) is 0. The standard InChI is InChI=1S/C13H13BN3.Pt/c1-10-6-5-9-15-13(10)17-12-8-4-3-7-11(12)16(2)14-17;/h3-9H,1-2H3;. The van der Waals surface area contributed by atoms with Gasteiger partial charge in [-0.15, -0.1) is 0 Å². The Morgan fingerprint density at radius 1 is 1.06 bits per heavy atom. The minimum atomic E-state index is 0. The van der Waals surface area contributed by atoms with Crippen LogP contribution in [0.3, 0.4) is 0 Å². The predicted octanol–water partition coefficient (Wildman–Crippen LogP) is 2.51. The zero-order valence-electron chi connectivity index (χ0n) is 10.3. The van der Waals surface area contributed by atoms with Crippen LogP contribution < -0.4 is 9.62 Å². The van der Waals surface area contributed by atoms with Crippen LogP contribution in [0.25, 0.3) is 0 Å². The van der Waals surface area contributed by atoms with E-state index in [1.807, 2.05) is 12.3 Å². The Morgan fingerprint density at radius 3 is 2.50 bits per heavy atom. The van der Waals surface area contributed by atoms with Crippen molar-refractivity contribution in [2.75, 3.05) is 16.7 Å². The van der Waals surface area contributed by atoms with Gasteiger partial charge in [0.25, 0.3) is 0 Å². The third-order valence-electron chi connectivity index (χ3n) is 3.02. The second-order valence-corrected chi connectivity index (χ2v) is 4.23. The van der Waals surface area contributed by atoms with E-state index >= 15 is 0 Å². The van der Waals surface area contributed by atoms with Gasteiger partial charge >= 0.3 is 7.55 Å². The van der Waals surface area contributed by atoms with Crippen molar-refractivity contribution in [3.63, 3.8) is 0 Å². The van der Waals surface area contributed by atoms with E-state index in [-0.39, 0.29) is 21.1 Å². The summed E-state index contributed by atoms with van der Waals surface area (Å²) in [7, 11) is 4.12. The van der Waals surface area contributed by atoms with Crippen molar-refractivity contribution in [1.82, 2.24) is 4.98 Å². The van der Waals surface area contributed by atoms with Crippen LogP contribution in [0.4, 0.5) is 17.2 Å². The largest absolute Gasteiger partial charge is 0.400 e. The maximum absolute atomic E-state index is 4.46. The molecule has 1 aromatic heterocycles. The van der Waals surface area contributed by atoms with Gasteiger partial charge in [-0.2, -0.15) is 0 Å². The van der Waals surface area contributed by atoms with Crippen LogP contribution in [-0.4, -0.2) is 19.6 Å². The zero-order chi connectivity index (χ0) is 11.8. The van der Waals surface area contributed by atoms with Crippen molar-refractivity contribution < 1.29 is 21.1 Å². The number of nitrogens with zero attached hydrogens (tertiary/aromatic N) is 3. The molecule has 1 aliphatic heterocycles. The Bertz CT molecular complexity index is 561. The van der Waals surface area contributed by atoms with E-state index in [4.69, 9.17) is 0 Å². The summed E-state index contributed by atoms with van der Waals surface area (Å²) in [6.07, 6.45) is 1.83. The molecule has 2 heterocycles. The van der Waals surface area contributed by atoms with Crippen LogP contribution in [-0.2, 0) is 21.1 Å². The van der Waals surface area contributed by atoms with Crippen molar-refractivity contribution >= 4 is 24.7 Å². The number of hydrogen-bond acceptors (Lipinski definition) is 3. The summed E-state index contributed by atoms with van der Waals surface area (Å²) in [5.41, 5.74) is 3.56. The summed E-state index contributed by atoms with van der Waals surface area (Å²) in [6.45, 7) is 2.08. The van der Waals surface area contributed by atoms with Crippen molar-refractivity contribution in [1.29, 1.82) is 0 Å². The van der Waals surface area contributed by atoms with Crippen LogP contribution in [0.15, 0.2) is 42.6 Å². The van der Waals surface area contributed by atoms with Crippen LogP contribution >= 0.6 is 0 Å². The van der Waals surface area contributed by atoms with Crippen molar-refractivity contribution in [2.45, 2.75) is 6.92 Å². The van der Waals surface area contributed by atoms with E-state index in [9.17, 15) is 0 Å². The fourth-order valence-corrected chi connectivity index (χ4v) is 2.16. The first-order valence-corrected chi connectivity index (χ1v) is 5.65. The molecule has 0 spiro atoms. The molecular weight excluding hydrogens is 404 g/mol. The van der Waals surface area contributed by atoms with Crippen molar-refractivity contribution in [3.8, 4) is 0 Å². The van der Waals surface area contributed by atoms with Crippen LogP contribution in [0.2, 0.25) is 0 Å². The molecule has 0 fully saturated rings. The van der Waals surface area contributed by atoms with Gasteiger partial charge in [0.15, 0.2) is 0 Å². The fraction of sp³-hybridized carbons (Fsp3) is 0.154.